The van der Waals surface area contributed by atoms with Crippen molar-refractivity contribution < 1.29 is 9.53 Å². The lowest BCUT2D eigenvalue weighted by molar-refractivity contribution is 0.155. The highest BCUT2D eigenvalue weighted by Gasteiger charge is 2.51. The van der Waals surface area contributed by atoms with Crippen molar-refractivity contribution in [2.45, 2.75) is 36.4 Å². The summed E-state index contributed by atoms with van der Waals surface area (Å²) in [5.74, 6) is 0.289. The van der Waals surface area contributed by atoms with E-state index in [0.717, 1.165) is 29.5 Å². The van der Waals surface area contributed by atoms with Crippen LogP contribution in [0.2, 0.25) is 0 Å². The van der Waals surface area contributed by atoms with Gasteiger partial charge in [0.25, 0.3) is 0 Å². The Bertz CT molecular complexity index is 1840. The van der Waals surface area contributed by atoms with Gasteiger partial charge in [-0.3, -0.25) is 5.32 Å². The molecule has 0 radical (unpaired) electrons. The van der Waals surface area contributed by atoms with E-state index in [4.69, 9.17) is 10.5 Å². The Balaban J connectivity index is 1.06. The fourth-order valence-electron chi connectivity index (χ4n) is 6.04. The van der Waals surface area contributed by atoms with E-state index in [9.17, 15) is 4.79 Å². The molecule has 7 nitrogen and oxygen atoms in total. The summed E-state index contributed by atoms with van der Waals surface area (Å²) in [7, 11) is 0. The molecule has 0 bridgehead atoms. The van der Waals surface area contributed by atoms with Crippen molar-refractivity contribution in [2.75, 3.05) is 5.32 Å². The number of hydrogen-bond acceptors (Lipinski definition) is 6. The summed E-state index contributed by atoms with van der Waals surface area (Å²) in [5.41, 5.74) is 11.5. The van der Waals surface area contributed by atoms with Crippen LogP contribution in [-0.2, 0) is 23.3 Å². The molecule has 3 unspecified atom stereocenters. The van der Waals surface area contributed by atoms with Gasteiger partial charge >= 0.3 is 6.09 Å². The van der Waals surface area contributed by atoms with Gasteiger partial charge in [-0.05, 0) is 68.8 Å². The van der Waals surface area contributed by atoms with Gasteiger partial charge in [0, 0.05) is 17.1 Å². The first-order valence-corrected chi connectivity index (χ1v) is 14.4. The van der Waals surface area contributed by atoms with Crippen LogP contribution >= 0.6 is 0 Å². The number of carbonyl (C=O) groups excluding carboxylic acids is 1. The monoisotopic (exact) mass is 565 g/mol. The number of anilines is 1. The van der Waals surface area contributed by atoms with Gasteiger partial charge in [0.2, 0.25) is 0 Å². The van der Waals surface area contributed by atoms with Gasteiger partial charge in [-0.2, -0.15) is 0 Å². The number of nitrogens with one attached hydrogen (secondary N) is 1. The van der Waals surface area contributed by atoms with Crippen LogP contribution in [0.4, 0.5) is 10.5 Å². The van der Waals surface area contributed by atoms with E-state index in [1.54, 1.807) is 6.21 Å². The first-order chi connectivity index (χ1) is 21.0. The molecule has 3 N–H and O–H groups in total. The maximum absolute atomic E-state index is 12.5. The van der Waals surface area contributed by atoms with Crippen LogP contribution in [0.15, 0.2) is 137 Å². The predicted molar refractivity (Wildman–Crippen MR) is 169 cm³/mol. The molecular formula is C36H31N5O2. The minimum absolute atomic E-state index is 0.191. The van der Waals surface area contributed by atoms with Crippen LogP contribution in [-0.4, -0.2) is 17.8 Å². The molecule has 0 aromatic heterocycles. The molecular weight excluding hydrogens is 534 g/mol. The number of hydrogen-bond donors (Lipinski definition) is 2. The molecule has 5 aromatic rings. The van der Waals surface area contributed by atoms with Crippen LogP contribution in [0.1, 0.15) is 40.2 Å². The second-order valence-corrected chi connectivity index (χ2v) is 11.4. The van der Waals surface area contributed by atoms with Crippen molar-refractivity contribution in [2.24, 2.45) is 21.2 Å². The Kier molecular flexibility index (Phi) is 6.80. The molecule has 1 heterocycles. The van der Waals surface area contributed by atoms with Crippen LogP contribution in [0.5, 0.6) is 0 Å². The van der Waals surface area contributed by atoms with E-state index in [1.165, 1.54) is 21.9 Å². The topological polar surface area (TPSA) is 101 Å². The highest BCUT2D eigenvalue weighted by Crippen LogP contribution is 2.52. The number of rotatable bonds is 8. The zero-order valence-corrected chi connectivity index (χ0v) is 23.6. The van der Waals surface area contributed by atoms with Crippen LogP contribution in [0.3, 0.4) is 0 Å². The fraction of sp³-hybridized carbons (Fsp3) is 0.167. The van der Waals surface area contributed by atoms with E-state index in [-0.39, 0.29) is 18.1 Å². The number of fused-ring (bicyclic) bond motifs is 1. The molecule has 0 saturated heterocycles. The number of benzene rings is 5. The second-order valence-electron chi connectivity index (χ2n) is 11.4. The molecule has 1 aliphatic heterocycles. The van der Waals surface area contributed by atoms with Crippen molar-refractivity contribution >= 4 is 28.8 Å². The lowest BCUT2D eigenvalue weighted by atomic mass is 9.84. The van der Waals surface area contributed by atoms with Crippen LogP contribution in [0, 0.1) is 0 Å². The Hall–Kier alpha value is -5.14. The van der Waals surface area contributed by atoms with Gasteiger partial charge in [-0.1, -0.05) is 109 Å². The third-order valence-electron chi connectivity index (χ3n) is 8.48. The van der Waals surface area contributed by atoms with E-state index in [1.807, 2.05) is 54.6 Å². The lowest BCUT2D eigenvalue weighted by Crippen LogP contribution is -2.27. The average Bonchev–Trinajstić information content (AvgIpc) is 3.44. The summed E-state index contributed by atoms with van der Waals surface area (Å²) < 4.78 is 5.39. The molecule has 0 spiro atoms. The number of ether oxygens (including phenoxy) is 1. The maximum Gasteiger partial charge on any atom is 0.411 e. The zero-order chi connectivity index (χ0) is 29.3. The van der Waals surface area contributed by atoms with Crippen molar-refractivity contribution in [1.29, 1.82) is 0 Å². The summed E-state index contributed by atoms with van der Waals surface area (Å²) >= 11 is 0. The first kappa shape index (κ1) is 26.7. The van der Waals surface area contributed by atoms with E-state index in [2.05, 4.69) is 87.5 Å². The van der Waals surface area contributed by atoms with Gasteiger partial charge in [0.15, 0.2) is 5.54 Å². The fourth-order valence-corrected chi connectivity index (χ4v) is 6.04. The molecule has 7 rings (SSSR count). The largest absolute Gasteiger partial charge is 0.444 e. The van der Waals surface area contributed by atoms with Crippen molar-refractivity contribution in [3.05, 3.63) is 149 Å². The van der Waals surface area contributed by atoms with E-state index in [0.29, 0.717) is 5.69 Å². The number of nitrogens with two attached hydrogens (primary N) is 1. The summed E-state index contributed by atoms with van der Waals surface area (Å²) in [6, 6.07) is 40.6. The van der Waals surface area contributed by atoms with Gasteiger partial charge in [0.05, 0.1) is 6.21 Å². The lowest BCUT2D eigenvalue weighted by Gasteiger charge is -2.23. The summed E-state index contributed by atoms with van der Waals surface area (Å²) in [5, 5.41) is 17.9. The normalized spacial score (nSPS) is 22.0. The summed E-state index contributed by atoms with van der Waals surface area (Å²) in [6.45, 7) is 0.191. The van der Waals surface area contributed by atoms with E-state index < -0.39 is 11.6 Å². The SMILES string of the molecule is NC1(Cc2ccc3ccccc3c2)CC1c1ccc(C2(c3cccc(NC(=O)OCc4ccccc4)c3)C=NN=N2)cc1. The molecule has 7 heteroatoms. The zero-order valence-electron chi connectivity index (χ0n) is 23.6. The Morgan fingerprint density at radius 3 is 2.40 bits per heavy atom. The van der Waals surface area contributed by atoms with Gasteiger partial charge < -0.3 is 10.5 Å². The van der Waals surface area contributed by atoms with E-state index >= 15 is 0 Å². The third kappa shape index (κ3) is 5.43. The minimum Gasteiger partial charge on any atom is -0.444 e. The number of carbonyl (C=O) groups is 1. The highest BCUT2D eigenvalue weighted by molar-refractivity contribution is 5.86. The molecule has 5 aromatic carbocycles. The maximum atomic E-state index is 12.5. The molecule has 1 saturated carbocycles. The Morgan fingerprint density at radius 1 is 0.814 bits per heavy atom. The molecule has 1 aliphatic carbocycles. The van der Waals surface area contributed by atoms with Crippen molar-refractivity contribution in [1.82, 2.24) is 0 Å². The third-order valence-corrected chi connectivity index (χ3v) is 8.48. The Labute approximate surface area is 250 Å². The van der Waals surface area contributed by atoms with Gasteiger partial charge in [0.1, 0.15) is 6.61 Å². The molecule has 2 aliphatic rings. The second kappa shape index (κ2) is 10.9. The number of nitrogens with zero attached hydrogens (tertiary/aromatic N) is 3. The van der Waals surface area contributed by atoms with Crippen LogP contribution in [0.25, 0.3) is 10.8 Å². The molecule has 3 atom stereocenters. The quantitative estimate of drug-likeness (QED) is 0.201. The first-order valence-electron chi connectivity index (χ1n) is 14.4. The van der Waals surface area contributed by atoms with Crippen LogP contribution < -0.4 is 11.1 Å². The smallest absolute Gasteiger partial charge is 0.411 e. The molecule has 212 valence electrons. The van der Waals surface area contributed by atoms with Gasteiger partial charge in [-0.15, -0.1) is 10.2 Å². The van der Waals surface area contributed by atoms with Gasteiger partial charge in [-0.25, -0.2) is 4.79 Å². The summed E-state index contributed by atoms with van der Waals surface area (Å²) in [6.07, 6.45) is 2.99. The highest BCUT2D eigenvalue weighted by atomic mass is 16.5. The molecule has 1 amide bonds. The molecule has 1 fully saturated rings. The minimum atomic E-state index is -0.890. The average molecular weight is 566 g/mol. The Morgan fingerprint density at radius 2 is 1.60 bits per heavy atom. The van der Waals surface area contributed by atoms with Crippen molar-refractivity contribution in [3.8, 4) is 0 Å². The number of amides is 1. The predicted octanol–water partition coefficient (Wildman–Crippen LogP) is 7.71. The molecule has 43 heavy (non-hydrogen) atoms. The summed E-state index contributed by atoms with van der Waals surface area (Å²) in [4.78, 5) is 12.5. The standard InChI is InChI=1S/C36H31N5O2/c37-35(21-26-13-14-27-9-4-5-10-29(27)19-26)22-33(35)28-15-17-30(18-16-28)36(24-38-41-40-36)31-11-6-12-32(20-31)39-34(42)43-23-25-7-2-1-3-8-25/h1-20,24,33H,21-23,37H2,(H,39,42). The van der Waals surface area contributed by atoms with Crippen molar-refractivity contribution in [3.63, 3.8) is 0 Å².